The van der Waals surface area contributed by atoms with Crippen molar-refractivity contribution < 1.29 is 33.5 Å². The fourth-order valence-electron chi connectivity index (χ4n) is 7.43. The van der Waals surface area contributed by atoms with Gasteiger partial charge in [-0.2, -0.15) is 0 Å². The molecule has 2 saturated carbocycles. The number of alkyl carbamates (subject to hydrolysis) is 1. The molecule has 1 heterocycles. The second-order valence-electron chi connectivity index (χ2n) is 16.0. The van der Waals surface area contributed by atoms with E-state index < -0.39 is 64.7 Å². The number of unbranched alkanes of at least 4 members (excludes halogenated alkanes) is 1. The first-order valence-corrected chi connectivity index (χ1v) is 18.5. The van der Waals surface area contributed by atoms with E-state index in [1.54, 1.807) is 11.8 Å². The predicted octanol–water partition coefficient (Wildman–Crippen LogP) is 3.96. The molecule has 282 valence electrons. The van der Waals surface area contributed by atoms with Gasteiger partial charge in [0.05, 0.1) is 12.1 Å². The van der Waals surface area contributed by atoms with Crippen molar-refractivity contribution in [2.45, 2.75) is 137 Å². The third-order valence-corrected chi connectivity index (χ3v) is 11.0. The minimum atomic E-state index is -1.02. The predicted molar refractivity (Wildman–Crippen MR) is 191 cm³/mol. The van der Waals surface area contributed by atoms with E-state index in [-0.39, 0.29) is 24.5 Å². The lowest BCUT2D eigenvalue weighted by atomic mass is 9.70. The first kappa shape index (κ1) is 40.8. The molecule has 13 heteroatoms. The summed E-state index contributed by atoms with van der Waals surface area (Å²) < 4.78 is 5.36. The summed E-state index contributed by atoms with van der Waals surface area (Å²) in [6, 6.07) is -3.91. The monoisotopic (exact) mass is 702 g/mol. The smallest absolute Gasteiger partial charge is 0.407 e. The molecule has 6 atom stereocenters. The van der Waals surface area contributed by atoms with E-state index in [9.17, 15) is 28.8 Å². The molecule has 0 aromatic carbocycles. The third-order valence-electron chi connectivity index (χ3n) is 11.0. The number of nitrogens with zero attached hydrogens (tertiary/aromatic N) is 1. The molecule has 0 aromatic heterocycles. The molecule has 13 nitrogen and oxygen atoms in total. The fraction of sp³-hybridized carbons (Fsp3) is 0.784. The van der Waals surface area contributed by atoms with Crippen LogP contribution in [0.1, 0.15) is 113 Å². The number of amides is 6. The molecule has 2 aliphatic carbocycles. The Bertz CT molecular complexity index is 1260. The Balaban J connectivity index is 1.88. The first-order valence-electron chi connectivity index (χ1n) is 18.5. The van der Waals surface area contributed by atoms with Gasteiger partial charge >= 0.3 is 12.1 Å². The van der Waals surface area contributed by atoms with Crippen LogP contribution in [0, 0.1) is 22.2 Å². The molecule has 0 radical (unpaired) electrons. The molecule has 1 spiro atoms. The molecule has 6 amide bonds. The van der Waals surface area contributed by atoms with Crippen LogP contribution in [0.3, 0.4) is 0 Å². The van der Waals surface area contributed by atoms with Gasteiger partial charge in [0.1, 0.15) is 18.7 Å². The number of rotatable bonds is 16. The SMILES string of the molecule is C=CCNC(=O)C(=O)C(CCCC)NC(=O)[C@@H]1C[C@]2(C[C@H]2C)CN1C(=O)[C@@H](NC(=O)N[C@H](COC(=O)NCC)C(C)(C)C)C1(C)CCCCC1. The van der Waals surface area contributed by atoms with Gasteiger partial charge in [-0.3, -0.25) is 19.2 Å². The van der Waals surface area contributed by atoms with Crippen LogP contribution in [0.5, 0.6) is 0 Å². The highest BCUT2D eigenvalue weighted by Gasteiger charge is 2.61. The fourth-order valence-corrected chi connectivity index (χ4v) is 7.43. The Hall–Kier alpha value is -3.64. The Morgan fingerprint density at radius 3 is 2.20 bits per heavy atom. The summed E-state index contributed by atoms with van der Waals surface area (Å²) in [6.45, 7) is 18.1. The van der Waals surface area contributed by atoms with Crippen molar-refractivity contribution in [1.82, 2.24) is 31.5 Å². The molecule has 3 fully saturated rings. The number of Topliss-reactive ketones (excluding diaryl/α,β-unsaturated/α-hetero) is 1. The van der Waals surface area contributed by atoms with E-state index in [2.05, 4.69) is 40.1 Å². The van der Waals surface area contributed by atoms with E-state index in [1.165, 1.54) is 6.08 Å². The van der Waals surface area contributed by atoms with Crippen LogP contribution in [-0.4, -0.2) is 90.9 Å². The van der Waals surface area contributed by atoms with Gasteiger partial charge in [0, 0.05) is 19.6 Å². The van der Waals surface area contributed by atoms with Crippen molar-refractivity contribution in [3.63, 3.8) is 0 Å². The average Bonchev–Trinajstić information content (AvgIpc) is 3.51. The number of carbonyl (C=O) groups is 6. The van der Waals surface area contributed by atoms with Gasteiger partial charge < -0.3 is 36.2 Å². The highest BCUT2D eigenvalue weighted by molar-refractivity contribution is 6.38. The van der Waals surface area contributed by atoms with Gasteiger partial charge in [-0.15, -0.1) is 6.58 Å². The number of hydrogen-bond acceptors (Lipinski definition) is 7. The lowest BCUT2D eigenvalue weighted by Crippen LogP contribution is -2.62. The maximum Gasteiger partial charge on any atom is 0.407 e. The van der Waals surface area contributed by atoms with Crippen LogP contribution in [0.2, 0.25) is 0 Å². The van der Waals surface area contributed by atoms with Crippen LogP contribution < -0.4 is 26.6 Å². The minimum Gasteiger partial charge on any atom is -0.447 e. The number of urea groups is 1. The van der Waals surface area contributed by atoms with Crippen LogP contribution in [0.4, 0.5) is 9.59 Å². The minimum absolute atomic E-state index is 0.0586. The number of hydrogen-bond donors (Lipinski definition) is 5. The van der Waals surface area contributed by atoms with Crippen LogP contribution in [0.25, 0.3) is 0 Å². The Morgan fingerprint density at radius 1 is 0.980 bits per heavy atom. The largest absolute Gasteiger partial charge is 0.447 e. The number of ether oxygens (including phenoxy) is 1. The molecule has 1 saturated heterocycles. The normalized spacial score (nSPS) is 24.3. The molecule has 0 bridgehead atoms. The summed E-state index contributed by atoms with van der Waals surface area (Å²) in [5, 5.41) is 13.9. The van der Waals surface area contributed by atoms with E-state index in [4.69, 9.17) is 4.74 Å². The van der Waals surface area contributed by atoms with Crippen molar-refractivity contribution in [2.75, 3.05) is 26.2 Å². The molecule has 3 rings (SSSR count). The summed E-state index contributed by atoms with van der Waals surface area (Å²) in [6.07, 6.45) is 8.23. The summed E-state index contributed by atoms with van der Waals surface area (Å²) in [5.74, 6) is -1.99. The maximum absolute atomic E-state index is 14.8. The topological polar surface area (TPSA) is 175 Å². The van der Waals surface area contributed by atoms with Crippen molar-refractivity contribution in [3.8, 4) is 0 Å². The number of ketones is 1. The average molecular weight is 703 g/mol. The summed E-state index contributed by atoms with van der Waals surface area (Å²) in [7, 11) is 0. The van der Waals surface area contributed by atoms with Gasteiger partial charge in [-0.25, -0.2) is 9.59 Å². The second-order valence-corrected chi connectivity index (χ2v) is 16.0. The Kier molecular flexibility index (Phi) is 14.3. The Morgan fingerprint density at radius 2 is 1.64 bits per heavy atom. The molecular weight excluding hydrogens is 640 g/mol. The van der Waals surface area contributed by atoms with Crippen molar-refractivity contribution in [3.05, 3.63) is 12.7 Å². The quantitative estimate of drug-likeness (QED) is 0.120. The van der Waals surface area contributed by atoms with Crippen molar-refractivity contribution in [1.29, 1.82) is 0 Å². The molecule has 3 aliphatic rings. The van der Waals surface area contributed by atoms with E-state index in [0.29, 0.717) is 38.3 Å². The van der Waals surface area contributed by atoms with Gasteiger partial charge in [-0.1, -0.05) is 79.7 Å². The number of carbonyl (C=O) groups excluding carboxylic acids is 6. The van der Waals surface area contributed by atoms with Gasteiger partial charge in [0.25, 0.3) is 5.91 Å². The summed E-state index contributed by atoms with van der Waals surface area (Å²) >= 11 is 0. The van der Waals surface area contributed by atoms with Gasteiger partial charge in [0.15, 0.2) is 0 Å². The molecule has 5 N–H and O–H groups in total. The zero-order valence-electron chi connectivity index (χ0n) is 31.4. The van der Waals surface area contributed by atoms with Gasteiger partial charge in [-0.05, 0) is 61.2 Å². The zero-order chi connectivity index (χ0) is 37.3. The Labute approximate surface area is 298 Å². The molecule has 1 aliphatic heterocycles. The highest BCUT2D eigenvalue weighted by Crippen LogP contribution is 2.60. The number of nitrogens with one attached hydrogen (secondary N) is 5. The van der Waals surface area contributed by atoms with E-state index in [0.717, 1.165) is 44.9 Å². The third kappa shape index (κ3) is 10.4. The highest BCUT2D eigenvalue weighted by atomic mass is 16.5. The second kappa shape index (κ2) is 17.5. The van der Waals surface area contributed by atoms with E-state index in [1.807, 2.05) is 34.6 Å². The number of likely N-dealkylation sites (tertiary alicyclic amines) is 1. The molecular formula is C37H62N6O7. The maximum atomic E-state index is 14.8. The van der Waals surface area contributed by atoms with E-state index >= 15 is 0 Å². The lowest BCUT2D eigenvalue weighted by Gasteiger charge is -2.42. The molecule has 50 heavy (non-hydrogen) atoms. The van der Waals surface area contributed by atoms with Crippen LogP contribution in [0.15, 0.2) is 12.7 Å². The molecule has 1 unspecified atom stereocenters. The van der Waals surface area contributed by atoms with Crippen molar-refractivity contribution in [2.24, 2.45) is 22.2 Å². The lowest BCUT2D eigenvalue weighted by molar-refractivity contribution is -0.144. The zero-order valence-corrected chi connectivity index (χ0v) is 31.4. The molecule has 0 aromatic rings. The van der Waals surface area contributed by atoms with Gasteiger partial charge in [0.2, 0.25) is 17.6 Å². The standard InChI is InChI=1S/C37H62N6O7/c1-9-12-16-25(28(44)31(46)39-19-10-2)40-30(45)26-21-37(20-24(37)4)23-43(26)32(47)29(36(8)17-14-13-15-18-36)42-33(48)41-27(35(5,6)7)22-50-34(49)38-11-3/h10,24-27,29H,2,9,11-23H2,1,3-8H3,(H,38,49)(H,39,46)(H,40,45)(H2,41,42,48)/t24-,25?,26+,27-,29-,37-/m1/s1. The first-order chi connectivity index (χ1) is 23.5. The summed E-state index contributed by atoms with van der Waals surface area (Å²) in [5.41, 5.74) is -1.24. The van der Waals surface area contributed by atoms with Crippen LogP contribution >= 0.6 is 0 Å². The van der Waals surface area contributed by atoms with Crippen molar-refractivity contribution >= 4 is 35.6 Å². The van der Waals surface area contributed by atoms with Crippen LogP contribution in [-0.2, 0) is 23.9 Å². The summed E-state index contributed by atoms with van der Waals surface area (Å²) in [4.78, 5) is 82.0.